The number of nitrogens with one attached hydrogen (secondary N) is 1. The molecule has 0 aliphatic rings. The van der Waals surface area contributed by atoms with Crippen LogP contribution < -0.4 is 5.32 Å². The van der Waals surface area contributed by atoms with E-state index in [1.807, 2.05) is 0 Å². The van der Waals surface area contributed by atoms with Crippen LogP contribution in [-0.4, -0.2) is 5.91 Å². The molecule has 0 bridgehead atoms. The van der Waals surface area contributed by atoms with Crippen LogP contribution in [0.25, 0.3) is 0 Å². The molecule has 0 aromatic heterocycles. The van der Waals surface area contributed by atoms with E-state index in [2.05, 4.69) is 5.32 Å². The number of rotatable bonds is 2. The Labute approximate surface area is 111 Å². The Morgan fingerprint density at radius 1 is 1.11 bits per heavy atom. The van der Waals surface area contributed by atoms with Crippen LogP contribution in [0.15, 0.2) is 36.4 Å². The Hall–Kier alpha value is -2.01. The van der Waals surface area contributed by atoms with E-state index in [0.29, 0.717) is 0 Å². The number of amides is 1. The number of halogens is 4. The van der Waals surface area contributed by atoms with Crippen LogP contribution in [0.5, 0.6) is 0 Å². The molecule has 2 aromatic rings. The first-order chi connectivity index (χ1) is 8.99. The second-order valence-corrected chi connectivity index (χ2v) is 4.09. The highest BCUT2D eigenvalue weighted by Gasteiger charge is 2.16. The van der Waals surface area contributed by atoms with Crippen LogP contribution in [-0.2, 0) is 0 Å². The molecule has 98 valence electrons. The number of anilines is 1. The molecule has 0 aliphatic carbocycles. The van der Waals surface area contributed by atoms with Crippen molar-refractivity contribution < 1.29 is 18.0 Å². The fraction of sp³-hybridized carbons (Fsp3) is 0. The lowest BCUT2D eigenvalue weighted by Crippen LogP contribution is -2.14. The van der Waals surface area contributed by atoms with Crippen LogP contribution in [0.2, 0.25) is 5.02 Å². The van der Waals surface area contributed by atoms with Crippen molar-refractivity contribution in [3.63, 3.8) is 0 Å². The summed E-state index contributed by atoms with van der Waals surface area (Å²) in [5, 5.41) is 2.24. The van der Waals surface area contributed by atoms with Crippen molar-refractivity contribution in [1.82, 2.24) is 0 Å². The van der Waals surface area contributed by atoms with Gasteiger partial charge in [0.2, 0.25) is 0 Å². The van der Waals surface area contributed by atoms with E-state index in [0.717, 1.165) is 24.3 Å². The minimum Gasteiger partial charge on any atom is -0.321 e. The van der Waals surface area contributed by atoms with Crippen molar-refractivity contribution in [3.8, 4) is 0 Å². The molecule has 6 heteroatoms. The summed E-state index contributed by atoms with van der Waals surface area (Å²) in [5.41, 5.74) is -0.350. The summed E-state index contributed by atoms with van der Waals surface area (Å²) in [5.74, 6) is -3.82. The third-order valence-corrected chi connectivity index (χ3v) is 2.69. The molecular formula is C13H7ClF3NO. The third-order valence-electron chi connectivity index (χ3n) is 2.38. The Bertz CT molecular complexity index is 646. The summed E-state index contributed by atoms with van der Waals surface area (Å²) in [6.45, 7) is 0. The van der Waals surface area contributed by atoms with Crippen molar-refractivity contribution >= 4 is 23.2 Å². The van der Waals surface area contributed by atoms with Gasteiger partial charge in [-0.15, -0.1) is 0 Å². The number of carbonyl (C=O) groups is 1. The molecule has 0 aliphatic heterocycles. The Morgan fingerprint density at radius 3 is 2.53 bits per heavy atom. The minimum atomic E-state index is -1.25. The summed E-state index contributed by atoms with van der Waals surface area (Å²) >= 11 is 5.71. The zero-order valence-corrected chi connectivity index (χ0v) is 10.1. The van der Waals surface area contributed by atoms with Crippen molar-refractivity contribution in [3.05, 3.63) is 64.4 Å². The van der Waals surface area contributed by atoms with Gasteiger partial charge in [-0.2, -0.15) is 0 Å². The predicted molar refractivity (Wildman–Crippen MR) is 65.7 cm³/mol. The molecule has 0 unspecified atom stereocenters. The molecule has 0 heterocycles. The maximum Gasteiger partial charge on any atom is 0.258 e. The first kappa shape index (κ1) is 13.4. The molecule has 0 saturated heterocycles. The van der Waals surface area contributed by atoms with E-state index < -0.39 is 28.9 Å². The van der Waals surface area contributed by atoms with Crippen molar-refractivity contribution in [2.24, 2.45) is 0 Å². The maximum atomic E-state index is 13.4. The van der Waals surface area contributed by atoms with E-state index in [-0.39, 0.29) is 10.7 Å². The van der Waals surface area contributed by atoms with E-state index >= 15 is 0 Å². The molecule has 1 N–H and O–H groups in total. The smallest absolute Gasteiger partial charge is 0.258 e. The highest BCUT2D eigenvalue weighted by atomic mass is 35.5. The quantitative estimate of drug-likeness (QED) is 0.887. The average molecular weight is 286 g/mol. The zero-order chi connectivity index (χ0) is 14.0. The second-order valence-electron chi connectivity index (χ2n) is 3.68. The molecule has 0 radical (unpaired) electrons. The fourth-order valence-electron chi connectivity index (χ4n) is 1.46. The van der Waals surface area contributed by atoms with Crippen molar-refractivity contribution in [1.29, 1.82) is 0 Å². The van der Waals surface area contributed by atoms with Gasteiger partial charge < -0.3 is 5.32 Å². The summed E-state index contributed by atoms with van der Waals surface area (Å²) in [4.78, 5) is 11.8. The molecule has 0 atom stereocenters. The average Bonchev–Trinajstić information content (AvgIpc) is 2.36. The summed E-state index contributed by atoms with van der Waals surface area (Å²) in [7, 11) is 0. The number of hydrogen-bond donors (Lipinski definition) is 1. The molecular weight excluding hydrogens is 279 g/mol. The van der Waals surface area contributed by atoms with Crippen LogP contribution in [0, 0.1) is 17.5 Å². The maximum absolute atomic E-state index is 13.4. The topological polar surface area (TPSA) is 29.1 Å². The third kappa shape index (κ3) is 2.88. The summed E-state index contributed by atoms with van der Waals surface area (Å²) in [6.07, 6.45) is 0. The Morgan fingerprint density at radius 2 is 1.84 bits per heavy atom. The standard InChI is InChI=1S/C13H7ClF3NO/c14-9-6-7(15)4-5-11(9)18-13(19)8-2-1-3-10(16)12(8)17/h1-6H,(H,18,19). The van der Waals surface area contributed by atoms with Gasteiger partial charge in [-0.25, -0.2) is 13.2 Å². The molecule has 0 fully saturated rings. The highest BCUT2D eigenvalue weighted by Crippen LogP contribution is 2.23. The molecule has 1 amide bonds. The Balaban J connectivity index is 2.28. The SMILES string of the molecule is O=C(Nc1ccc(F)cc1Cl)c1cccc(F)c1F. The molecule has 0 saturated carbocycles. The van der Waals surface area contributed by atoms with Crippen molar-refractivity contribution in [2.75, 3.05) is 5.32 Å². The molecule has 2 nitrogen and oxygen atoms in total. The normalized spacial score (nSPS) is 10.3. The van der Waals surface area contributed by atoms with E-state index in [1.54, 1.807) is 0 Å². The predicted octanol–water partition coefficient (Wildman–Crippen LogP) is 4.01. The molecule has 2 aromatic carbocycles. The van der Waals surface area contributed by atoms with Gasteiger partial charge in [0.25, 0.3) is 5.91 Å². The van der Waals surface area contributed by atoms with Crippen LogP contribution >= 0.6 is 11.6 Å². The zero-order valence-electron chi connectivity index (χ0n) is 9.38. The lowest BCUT2D eigenvalue weighted by atomic mass is 10.2. The van der Waals surface area contributed by atoms with Gasteiger partial charge in [0, 0.05) is 0 Å². The van der Waals surface area contributed by atoms with Gasteiger partial charge in [0.1, 0.15) is 5.82 Å². The number of benzene rings is 2. The first-order valence-corrected chi connectivity index (χ1v) is 5.57. The van der Waals surface area contributed by atoms with Gasteiger partial charge >= 0.3 is 0 Å². The minimum absolute atomic E-state index is 0.0369. The fourth-order valence-corrected chi connectivity index (χ4v) is 1.67. The molecule has 2 rings (SSSR count). The lowest BCUT2D eigenvalue weighted by molar-refractivity contribution is 0.102. The number of hydrogen-bond acceptors (Lipinski definition) is 1. The second kappa shape index (κ2) is 5.32. The van der Waals surface area contributed by atoms with Crippen molar-refractivity contribution in [2.45, 2.75) is 0 Å². The molecule has 0 spiro atoms. The van der Waals surface area contributed by atoms with Crippen LogP contribution in [0.1, 0.15) is 10.4 Å². The van der Waals surface area contributed by atoms with Crippen LogP contribution in [0.4, 0.5) is 18.9 Å². The van der Waals surface area contributed by atoms with Gasteiger partial charge in [0.15, 0.2) is 11.6 Å². The summed E-state index contributed by atoms with van der Waals surface area (Å²) < 4.78 is 39.2. The van der Waals surface area contributed by atoms with E-state index in [1.165, 1.54) is 12.1 Å². The number of carbonyl (C=O) groups excluding carboxylic acids is 1. The van der Waals surface area contributed by atoms with Gasteiger partial charge in [0.05, 0.1) is 16.3 Å². The van der Waals surface area contributed by atoms with Gasteiger partial charge in [-0.3, -0.25) is 4.79 Å². The largest absolute Gasteiger partial charge is 0.321 e. The Kier molecular flexibility index (Phi) is 3.76. The molecule has 19 heavy (non-hydrogen) atoms. The van der Waals surface area contributed by atoms with E-state index in [4.69, 9.17) is 11.6 Å². The van der Waals surface area contributed by atoms with Gasteiger partial charge in [-0.1, -0.05) is 17.7 Å². The first-order valence-electron chi connectivity index (χ1n) is 5.19. The summed E-state index contributed by atoms with van der Waals surface area (Å²) in [6, 6.07) is 6.55. The monoisotopic (exact) mass is 285 g/mol. The lowest BCUT2D eigenvalue weighted by Gasteiger charge is -2.08. The van der Waals surface area contributed by atoms with Gasteiger partial charge in [-0.05, 0) is 30.3 Å². The van der Waals surface area contributed by atoms with Crippen LogP contribution in [0.3, 0.4) is 0 Å². The highest BCUT2D eigenvalue weighted by molar-refractivity contribution is 6.33. The van der Waals surface area contributed by atoms with E-state index in [9.17, 15) is 18.0 Å².